The average Bonchev–Trinajstić information content (AvgIpc) is 2.91. The number of para-hydroxylation sites is 1. The number of aromatic nitrogens is 3. The zero-order valence-corrected chi connectivity index (χ0v) is 17.4. The third-order valence-corrected chi connectivity index (χ3v) is 4.99. The molecule has 0 aliphatic carbocycles. The molecule has 0 radical (unpaired) electrons. The Hall–Kier alpha value is -2.48. The number of likely N-dealkylation sites (N-methyl/N-ethyl adjacent to an activating group) is 1. The summed E-state index contributed by atoms with van der Waals surface area (Å²) in [5, 5.41) is 7.86. The summed E-state index contributed by atoms with van der Waals surface area (Å²) in [6.07, 6.45) is 0. The van der Waals surface area contributed by atoms with E-state index < -0.39 is 0 Å². The molecule has 0 aliphatic rings. The Morgan fingerprint density at radius 3 is 2.57 bits per heavy atom. The minimum atomic E-state index is -0.150. The van der Waals surface area contributed by atoms with Gasteiger partial charge in [0, 0.05) is 0 Å². The number of carbonyl (C=O) groups is 1. The predicted molar refractivity (Wildman–Crippen MR) is 114 cm³/mol. The predicted octanol–water partition coefficient (Wildman–Crippen LogP) is 3.95. The van der Waals surface area contributed by atoms with Gasteiger partial charge in [-0.3, -0.25) is 14.3 Å². The van der Waals surface area contributed by atoms with Crippen molar-refractivity contribution in [3.05, 3.63) is 75.8 Å². The van der Waals surface area contributed by atoms with Crippen LogP contribution in [-0.2, 0) is 18.0 Å². The summed E-state index contributed by atoms with van der Waals surface area (Å²) in [7, 11) is 1.85. The van der Waals surface area contributed by atoms with Crippen LogP contribution in [0.1, 0.15) is 11.4 Å². The molecule has 0 unspecified atom stereocenters. The molecule has 1 heterocycles. The number of benzene rings is 2. The molecule has 146 valence electrons. The molecule has 0 bridgehead atoms. The lowest BCUT2D eigenvalue weighted by atomic mass is 10.2. The van der Waals surface area contributed by atoms with E-state index in [1.807, 2.05) is 53.8 Å². The third kappa shape index (κ3) is 5.07. The molecule has 28 heavy (non-hydrogen) atoms. The van der Waals surface area contributed by atoms with Gasteiger partial charge in [-0.1, -0.05) is 54.1 Å². The second kappa shape index (κ2) is 9.14. The van der Waals surface area contributed by atoms with E-state index in [-0.39, 0.29) is 12.5 Å². The van der Waals surface area contributed by atoms with E-state index in [2.05, 4.69) is 22.5 Å². The minimum Gasteiger partial charge on any atom is -0.324 e. The molecule has 0 fully saturated rings. The van der Waals surface area contributed by atoms with E-state index >= 15 is 0 Å². The Balaban J connectivity index is 1.63. The van der Waals surface area contributed by atoms with Gasteiger partial charge in [0.25, 0.3) is 0 Å². The van der Waals surface area contributed by atoms with Gasteiger partial charge >= 0.3 is 0 Å². The number of rotatable bonds is 7. The number of nitrogens with one attached hydrogen (secondary N) is 1. The molecule has 1 N–H and O–H groups in total. The van der Waals surface area contributed by atoms with Crippen molar-refractivity contribution in [3.8, 4) is 0 Å². The van der Waals surface area contributed by atoms with E-state index in [4.69, 9.17) is 23.8 Å². The Morgan fingerprint density at radius 1 is 1.18 bits per heavy atom. The summed E-state index contributed by atoms with van der Waals surface area (Å²) in [6, 6.07) is 17.3. The highest BCUT2D eigenvalue weighted by atomic mass is 35.5. The van der Waals surface area contributed by atoms with Crippen LogP contribution in [0.2, 0.25) is 5.02 Å². The second-order valence-corrected chi connectivity index (χ2v) is 7.36. The molecule has 0 atom stereocenters. The number of anilines is 1. The fourth-order valence-electron chi connectivity index (χ4n) is 2.87. The molecule has 0 saturated carbocycles. The van der Waals surface area contributed by atoms with Gasteiger partial charge in [0.05, 0.1) is 30.5 Å². The van der Waals surface area contributed by atoms with Crippen LogP contribution in [0.15, 0.2) is 54.6 Å². The Kier molecular flexibility index (Phi) is 6.61. The highest BCUT2D eigenvalue weighted by Gasteiger charge is 2.12. The van der Waals surface area contributed by atoms with Crippen molar-refractivity contribution in [1.29, 1.82) is 0 Å². The molecular weight excluding hydrogens is 394 g/mol. The highest BCUT2D eigenvalue weighted by molar-refractivity contribution is 7.71. The van der Waals surface area contributed by atoms with Crippen molar-refractivity contribution in [2.24, 2.45) is 0 Å². The quantitative estimate of drug-likeness (QED) is 0.593. The fraction of sp³-hybridized carbons (Fsp3) is 0.250. The number of nitrogens with zero attached hydrogens (tertiary/aromatic N) is 4. The molecule has 2 aromatic carbocycles. The van der Waals surface area contributed by atoms with Crippen LogP contribution in [0, 0.1) is 11.7 Å². The lowest BCUT2D eigenvalue weighted by molar-refractivity contribution is -0.117. The summed E-state index contributed by atoms with van der Waals surface area (Å²) in [6.45, 7) is 3.20. The zero-order chi connectivity index (χ0) is 20.1. The van der Waals surface area contributed by atoms with Crippen LogP contribution in [0.5, 0.6) is 0 Å². The van der Waals surface area contributed by atoms with Gasteiger partial charge in [0.2, 0.25) is 5.91 Å². The first-order chi connectivity index (χ1) is 13.4. The molecule has 3 aromatic rings. The topological polar surface area (TPSA) is 55.1 Å². The maximum atomic E-state index is 12.3. The summed E-state index contributed by atoms with van der Waals surface area (Å²) >= 11 is 11.7. The first kappa shape index (κ1) is 20.3. The van der Waals surface area contributed by atoms with E-state index in [1.165, 1.54) is 0 Å². The molecule has 8 heteroatoms. The standard InChI is InChI=1S/C20H22ClN5OS/c1-15-23-26(20(28)25(15)12-16-8-4-3-5-9-16)14-24(2)13-19(27)22-18-11-7-6-10-17(18)21/h3-11H,12-14H2,1-2H3,(H,22,27). The molecule has 0 aliphatic heterocycles. The summed E-state index contributed by atoms with van der Waals surface area (Å²) in [4.78, 5) is 14.1. The number of amides is 1. The van der Waals surface area contributed by atoms with Crippen molar-refractivity contribution in [3.63, 3.8) is 0 Å². The van der Waals surface area contributed by atoms with Gasteiger partial charge in [-0.25, -0.2) is 4.68 Å². The summed E-state index contributed by atoms with van der Waals surface area (Å²) in [5.74, 6) is 0.685. The van der Waals surface area contributed by atoms with E-state index in [1.54, 1.807) is 16.8 Å². The number of hydrogen-bond donors (Lipinski definition) is 1. The fourth-order valence-corrected chi connectivity index (χ4v) is 3.34. The van der Waals surface area contributed by atoms with Crippen LogP contribution < -0.4 is 5.32 Å². The van der Waals surface area contributed by atoms with Crippen LogP contribution >= 0.6 is 23.8 Å². The number of halogens is 1. The van der Waals surface area contributed by atoms with Gasteiger partial charge in [0.1, 0.15) is 5.82 Å². The van der Waals surface area contributed by atoms with Crippen molar-refractivity contribution in [2.75, 3.05) is 18.9 Å². The highest BCUT2D eigenvalue weighted by Crippen LogP contribution is 2.20. The minimum absolute atomic E-state index is 0.150. The Bertz CT molecular complexity index is 1010. The van der Waals surface area contributed by atoms with Gasteiger partial charge in [-0.15, -0.1) is 0 Å². The maximum Gasteiger partial charge on any atom is 0.238 e. The molecule has 0 spiro atoms. The smallest absolute Gasteiger partial charge is 0.238 e. The van der Waals surface area contributed by atoms with Crippen LogP contribution in [0.4, 0.5) is 5.69 Å². The summed E-state index contributed by atoms with van der Waals surface area (Å²) in [5.41, 5.74) is 1.76. The number of carbonyl (C=O) groups excluding carboxylic acids is 1. The Morgan fingerprint density at radius 2 is 1.86 bits per heavy atom. The Labute approximate surface area is 174 Å². The van der Waals surface area contributed by atoms with Gasteiger partial charge in [-0.05, 0) is 43.9 Å². The SMILES string of the molecule is Cc1nn(CN(C)CC(=O)Nc2ccccc2Cl)c(=S)n1Cc1ccccc1. The second-order valence-electron chi connectivity index (χ2n) is 6.58. The van der Waals surface area contributed by atoms with Gasteiger partial charge in [0.15, 0.2) is 4.77 Å². The summed E-state index contributed by atoms with van der Waals surface area (Å²) < 4.78 is 4.35. The third-order valence-electron chi connectivity index (χ3n) is 4.23. The van der Waals surface area contributed by atoms with Crippen LogP contribution in [0.3, 0.4) is 0 Å². The maximum absolute atomic E-state index is 12.3. The molecule has 1 aromatic heterocycles. The normalized spacial score (nSPS) is 11.0. The molecule has 0 saturated heterocycles. The van der Waals surface area contributed by atoms with Gasteiger partial charge < -0.3 is 5.32 Å². The van der Waals surface area contributed by atoms with Crippen molar-refractivity contribution in [1.82, 2.24) is 19.2 Å². The lowest BCUT2D eigenvalue weighted by Gasteiger charge is -2.16. The van der Waals surface area contributed by atoms with E-state index in [9.17, 15) is 4.79 Å². The zero-order valence-electron chi connectivity index (χ0n) is 15.8. The molecular formula is C20H22ClN5OS. The lowest BCUT2D eigenvalue weighted by Crippen LogP contribution is -2.32. The number of hydrogen-bond acceptors (Lipinski definition) is 4. The van der Waals surface area contributed by atoms with E-state index in [0.717, 1.165) is 11.4 Å². The monoisotopic (exact) mass is 415 g/mol. The van der Waals surface area contributed by atoms with E-state index in [0.29, 0.717) is 28.7 Å². The van der Waals surface area contributed by atoms with Crippen molar-refractivity contribution < 1.29 is 4.79 Å². The molecule has 6 nitrogen and oxygen atoms in total. The largest absolute Gasteiger partial charge is 0.324 e. The first-order valence-corrected chi connectivity index (χ1v) is 9.64. The first-order valence-electron chi connectivity index (χ1n) is 8.85. The van der Waals surface area contributed by atoms with Crippen molar-refractivity contribution in [2.45, 2.75) is 20.1 Å². The van der Waals surface area contributed by atoms with Crippen LogP contribution in [0.25, 0.3) is 0 Å². The van der Waals surface area contributed by atoms with Crippen LogP contribution in [-0.4, -0.2) is 38.7 Å². The van der Waals surface area contributed by atoms with Gasteiger partial charge in [-0.2, -0.15) is 5.10 Å². The average molecular weight is 416 g/mol. The molecule has 3 rings (SSSR count). The van der Waals surface area contributed by atoms with Crippen molar-refractivity contribution >= 4 is 35.4 Å². The number of aryl methyl sites for hydroxylation is 1. The molecule has 1 amide bonds.